The second-order valence-corrected chi connectivity index (χ2v) is 4.37. The molecule has 2 aliphatic heterocycles. The first-order valence-corrected chi connectivity index (χ1v) is 5.31. The first kappa shape index (κ1) is 14.5. The minimum absolute atomic E-state index is 0. The molecule has 1 atom stereocenters. The summed E-state index contributed by atoms with van der Waals surface area (Å²) in [6, 6.07) is 0.859. The molecule has 2 saturated heterocycles. The van der Waals surface area contributed by atoms with Crippen LogP contribution in [0.2, 0.25) is 0 Å². The average molecular weight is 241 g/mol. The Labute approximate surface area is 99.6 Å². The Hall–Kier alpha value is 0.500. The fourth-order valence-electron chi connectivity index (χ4n) is 2.34. The van der Waals surface area contributed by atoms with Gasteiger partial charge in [0, 0.05) is 12.6 Å². The monoisotopic (exact) mass is 240 g/mol. The normalized spacial score (nSPS) is 29.4. The lowest BCUT2D eigenvalue weighted by atomic mass is 9.98. The van der Waals surface area contributed by atoms with Crippen LogP contribution in [0.15, 0.2) is 0 Å². The number of hydrogen-bond donors (Lipinski definition) is 1. The molecule has 0 amide bonds. The first-order valence-electron chi connectivity index (χ1n) is 5.31. The molecular weight excluding hydrogens is 219 g/mol. The third kappa shape index (κ3) is 3.58. The Bertz CT molecular complexity index is 141. The van der Waals surface area contributed by atoms with Crippen molar-refractivity contribution in [2.24, 2.45) is 5.92 Å². The topological polar surface area (TPSA) is 15.3 Å². The fourth-order valence-corrected chi connectivity index (χ4v) is 2.34. The van der Waals surface area contributed by atoms with E-state index in [2.05, 4.69) is 17.1 Å². The van der Waals surface area contributed by atoms with Gasteiger partial charge in [-0.15, -0.1) is 24.8 Å². The van der Waals surface area contributed by atoms with E-state index >= 15 is 0 Å². The minimum Gasteiger partial charge on any atom is -0.315 e. The maximum absolute atomic E-state index is 3.44. The zero-order valence-corrected chi connectivity index (χ0v) is 10.5. The molecule has 86 valence electrons. The molecule has 2 rings (SSSR count). The van der Waals surface area contributed by atoms with E-state index < -0.39 is 0 Å². The summed E-state index contributed by atoms with van der Waals surface area (Å²) < 4.78 is 0. The number of nitrogens with one attached hydrogen (secondary N) is 1. The van der Waals surface area contributed by atoms with E-state index in [0.717, 1.165) is 12.0 Å². The third-order valence-electron chi connectivity index (χ3n) is 3.37. The molecule has 2 nitrogen and oxygen atoms in total. The van der Waals surface area contributed by atoms with Crippen LogP contribution < -0.4 is 5.32 Å². The largest absolute Gasteiger partial charge is 0.315 e. The minimum atomic E-state index is 0. The summed E-state index contributed by atoms with van der Waals surface area (Å²) >= 11 is 0. The van der Waals surface area contributed by atoms with Crippen LogP contribution in [-0.2, 0) is 0 Å². The molecule has 14 heavy (non-hydrogen) atoms. The van der Waals surface area contributed by atoms with E-state index in [1.165, 1.54) is 45.4 Å². The number of nitrogens with zero attached hydrogens (tertiary/aromatic N) is 1. The summed E-state index contributed by atoms with van der Waals surface area (Å²) in [6.07, 6.45) is 4.20. The molecule has 0 saturated carbocycles. The maximum atomic E-state index is 3.44. The lowest BCUT2D eigenvalue weighted by Crippen LogP contribution is -2.42. The second-order valence-electron chi connectivity index (χ2n) is 4.37. The average Bonchev–Trinajstić information content (AvgIpc) is 2.58. The van der Waals surface area contributed by atoms with Crippen LogP contribution in [0.1, 0.15) is 26.2 Å². The Morgan fingerprint density at radius 1 is 1.07 bits per heavy atom. The SMILES string of the molecule is CC1CCN(C2CCNC2)CC1.Cl.Cl. The number of likely N-dealkylation sites (tertiary alicyclic amines) is 1. The molecule has 1 unspecified atom stereocenters. The quantitative estimate of drug-likeness (QED) is 0.754. The van der Waals surface area contributed by atoms with Crippen LogP contribution in [-0.4, -0.2) is 37.1 Å². The highest BCUT2D eigenvalue weighted by atomic mass is 35.5. The molecular formula is C10H22Cl2N2. The fraction of sp³-hybridized carbons (Fsp3) is 1.00. The van der Waals surface area contributed by atoms with Crippen molar-refractivity contribution in [3.05, 3.63) is 0 Å². The molecule has 2 aliphatic rings. The lowest BCUT2D eigenvalue weighted by Gasteiger charge is -2.34. The van der Waals surface area contributed by atoms with Crippen LogP contribution in [0.25, 0.3) is 0 Å². The van der Waals surface area contributed by atoms with Crippen molar-refractivity contribution >= 4 is 24.8 Å². The van der Waals surface area contributed by atoms with Gasteiger partial charge in [0.15, 0.2) is 0 Å². The highest BCUT2D eigenvalue weighted by molar-refractivity contribution is 5.85. The maximum Gasteiger partial charge on any atom is 0.0232 e. The van der Waals surface area contributed by atoms with Crippen molar-refractivity contribution < 1.29 is 0 Å². The second kappa shape index (κ2) is 6.89. The molecule has 4 heteroatoms. The Kier molecular flexibility index (Phi) is 7.13. The third-order valence-corrected chi connectivity index (χ3v) is 3.37. The summed E-state index contributed by atoms with van der Waals surface area (Å²) in [4.78, 5) is 2.68. The summed E-state index contributed by atoms with van der Waals surface area (Å²) in [5, 5.41) is 3.44. The summed E-state index contributed by atoms with van der Waals surface area (Å²) in [7, 11) is 0. The molecule has 2 fully saturated rings. The van der Waals surface area contributed by atoms with Crippen molar-refractivity contribution in [1.82, 2.24) is 10.2 Å². The Morgan fingerprint density at radius 3 is 2.21 bits per heavy atom. The lowest BCUT2D eigenvalue weighted by molar-refractivity contribution is 0.146. The molecule has 0 spiro atoms. The molecule has 0 aromatic rings. The van der Waals surface area contributed by atoms with E-state index in [1.54, 1.807) is 0 Å². The van der Waals surface area contributed by atoms with Gasteiger partial charge in [0.05, 0.1) is 0 Å². The summed E-state index contributed by atoms with van der Waals surface area (Å²) in [6.45, 7) is 7.52. The van der Waals surface area contributed by atoms with Crippen LogP contribution in [0.4, 0.5) is 0 Å². The van der Waals surface area contributed by atoms with Gasteiger partial charge in [-0.25, -0.2) is 0 Å². The van der Waals surface area contributed by atoms with Crippen LogP contribution in [0, 0.1) is 5.92 Å². The van der Waals surface area contributed by atoms with Gasteiger partial charge < -0.3 is 5.32 Å². The zero-order chi connectivity index (χ0) is 8.39. The predicted molar refractivity (Wildman–Crippen MR) is 65.7 cm³/mol. The summed E-state index contributed by atoms with van der Waals surface area (Å²) in [5.41, 5.74) is 0. The predicted octanol–water partition coefficient (Wildman–Crippen LogP) is 1.92. The van der Waals surface area contributed by atoms with E-state index in [0.29, 0.717) is 0 Å². The Balaban J connectivity index is 0.000000845. The standard InChI is InChI=1S/C10H20N2.2ClH/c1-9-3-6-12(7-4-9)10-2-5-11-8-10;;/h9-11H,2-8H2,1H3;2*1H. The number of rotatable bonds is 1. The van der Waals surface area contributed by atoms with Crippen molar-refractivity contribution in [2.45, 2.75) is 32.2 Å². The van der Waals surface area contributed by atoms with Crippen LogP contribution >= 0.6 is 24.8 Å². The highest BCUT2D eigenvalue weighted by Crippen LogP contribution is 2.20. The van der Waals surface area contributed by atoms with E-state index in [-0.39, 0.29) is 24.8 Å². The van der Waals surface area contributed by atoms with Gasteiger partial charge in [-0.05, 0) is 44.8 Å². The molecule has 2 heterocycles. The van der Waals surface area contributed by atoms with E-state index in [9.17, 15) is 0 Å². The summed E-state index contributed by atoms with van der Waals surface area (Å²) in [5.74, 6) is 0.968. The molecule has 0 aliphatic carbocycles. The molecule has 0 aromatic heterocycles. The first-order chi connectivity index (χ1) is 5.86. The van der Waals surface area contributed by atoms with Gasteiger partial charge in [0.25, 0.3) is 0 Å². The van der Waals surface area contributed by atoms with Crippen LogP contribution in [0.3, 0.4) is 0 Å². The van der Waals surface area contributed by atoms with Crippen molar-refractivity contribution in [3.8, 4) is 0 Å². The van der Waals surface area contributed by atoms with Gasteiger partial charge in [0.2, 0.25) is 0 Å². The number of hydrogen-bond acceptors (Lipinski definition) is 2. The molecule has 0 bridgehead atoms. The van der Waals surface area contributed by atoms with Crippen molar-refractivity contribution in [1.29, 1.82) is 0 Å². The van der Waals surface area contributed by atoms with Gasteiger partial charge in [0.1, 0.15) is 0 Å². The Morgan fingerprint density at radius 2 is 1.71 bits per heavy atom. The van der Waals surface area contributed by atoms with Gasteiger partial charge in [-0.3, -0.25) is 4.90 Å². The molecule has 1 N–H and O–H groups in total. The zero-order valence-electron chi connectivity index (χ0n) is 8.87. The highest BCUT2D eigenvalue weighted by Gasteiger charge is 2.25. The van der Waals surface area contributed by atoms with Crippen molar-refractivity contribution in [2.75, 3.05) is 26.2 Å². The van der Waals surface area contributed by atoms with Gasteiger partial charge in [-0.2, -0.15) is 0 Å². The molecule has 0 radical (unpaired) electrons. The van der Waals surface area contributed by atoms with E-state index in [1.807, 2.05) is 0 Å². The van der Waals surface area contributed by atoms with Gasteiger partial charge >= 0.3 is 0 Å². The number of piperidine rings is 1. The van der Waals surface area contributed by atoms with Crippen LogP contribution in [0.5, 0.6) is 0 Å². The number of halogens is 2. The smallest absolute Gasteiger partial charge is 0.0232 e. The van der Waals surface area contributed by atoms with E-state index in [4.69, 9.17) is 0 Å². The van der Waals surface area contributed by atoms with Gasteiger partial charge in [-0.1, -0.05) is 6.92 Å². The molecule has 0 aromatic carbocycles. The van der Waals surface area contributed by atoms with Crippen molar-refractivity contribution in [3.63, 3.8) is 0 Å².